The van der Waals surface area contributed by atoms with E-state index in [0.717, 1.165) is 26.1 Å². The van der Waals surface area contributed by atoms with Gasteiger partial charge in [0.05, 0.1) is 0 Å². The summed E-state index contributed by atoms with van der Waals surface area (Å²) in [5.41, 5.74) is -0.422. The number of hydrogen-bond acceptors (Lipinski definition) is 4. The molecule has 0 N–H and O–H groups in total. The predicted octanol–water partition coefficient (Wildman–Crippen LogP) is 4.39. The minimum absolute atomic E-state index is 0.170. The number of nitrogens with zero attached hydrogens (tertiary/aromatic N) is 2. The van der Waals surface area contributed by atoms with Crippen molar-refractivity contribution in [2.45, 2.75) is 52.2 Å². The molecule has 23 heavy (non-hydrogen) atoms. The van der Waals surface area contributed by atoms with Crippen LogP contribution < -0.4 is 0 Å². The third-order valence-electron chi connectivity index (χ3n) is 4.33. The van der Waals surface area contributed by atoms with Crippen LogP contribution in [0.1, 0.15) is 51.5 Å². The Hall–Kier alpha value is -1.07. The van der Waals surface area contributed by atoms with E-state index in [1.807, 2.05) is 25.7 Å². The number of piperidine rings is 1. The molecule has 1 amide bonds. The van der Waals surface area contributed by atoms with Gasteiger partial charge in [0.1, 0.15) is 5.60 Å². The number of carbonyl (C=O) groups excluding carboxylic acids is 1. The molecule has 1 aromatic heterocycles. The van der Waals surface area contributed by atoms with Gasteiger partial charge in [0.25, 0.3) is 0 Å². The third-order valence-corrected chi connectivity index (χ3v) is 5.38. The molecule has 1 aliphatic heterocycles. The van der Waals surface area contributed by atoms with Gasteiger partial charge in [0.15, 0.2) is 0 Å². The quantitative estimate of drug-likeness (QED) is 0.816. The molecule has 1 fully saturated rings. The maximum Gasteiger partial charge on any atom is 0.410 e. The zero-order chi connectivity index (χ0) is 17.0. The standard InChI is InChI=1S/C18H30N2O2S/c1-14(16-9-7-11-23-16)19(5)12-15-8-6-10-20(13-15)17(21)22-18(2,3)4/h7,9,11,14-15H,6,8,10,12-13H2,1-5H3/t14-,15-/m1/s1. The van der Waals surface area contributed by atoms with Gasteiger partial charge < -0.3 is 9.64 Å². The van der Waals surface area contributed by atoms with E-state index >= 15 is 0 Å². The first kappa shape index (κ1) is 18.3. The number of ether oxygens (including phenoxy) is 1. The monoisotopic (exact) mass is 338 g/mol. The van der Waals surface area contributed by atoms with Crippen LogP contribution in [0, 0.1) is 5.92 Å². The Morgan fingerprint density at radius 1 is 1.52 bits per heavy atom. The fourth-order valence-corrected chi connectivity index (χ4v) is 3.87. The van der Waals surface area contributed by atoms with Gasteiger partial charge in [-0.15, -0.1) is 11.3 Å². The largest absolute Gasteiger partial charge is 0.444 e. The molecule has 5 heteroatoms. The van der Waals surface area contributed by atoms with Gasteiger partial charge in [-0.05, 0) is 64.9 Å². The van der Waals surface area contributed by atoms with Gasteiger partial charge in [-0.1, -0.05) is 6.07 Å². The van der Waals surface area contributed by atoms with Crippen LogP contribution in [0.3, 0.4) is 0 Å². The summed E-state index contributed by atoms with van der Waals surface area (Å²) < 4.78 is 5.51. The van der Waals surface area contributed by atoms with Gasteiger partial charge in [-0.3, -0.25) is 4.90 Å². The second kappa shape index (κ2) is 7.67. The molecule has 1 saturated heterocycles. The highest BCUT2D eigenvalue weighted by Gasteiger charge is 2.28. The van der Waals surface area contributed by atoms with Crippen LogP contribution in [0.4, 0.5) is 4.79 Å². The fourth-order valence-electron chi connectivity index (χ4n) is 3.02. The van der Waals surface area contributed by atoms with Crippen molar-refractivity contribution in [3.63, 3.8) is 0 Å². The minimum Gasteiger partial charge on any atom is -0.444 e. The van der Waals surface area contributed by atoms with E-state index in [1.54, 1.807) is 11.3 Å². The third kappa shape index (κ3) is 5.50. The molecule has 0 radical (unpaired) electrons. The number of rotatable bonds is 4. The topological polar surface area (TPSA) is 32.8 Å². The molecule has 0 aliphatic carbocycles. The van der Waals surface area contributed by atoms with Crippen molar-refractivity contribution < 1.29 is 9.53 Å². The first-order valence-corrected chi connectivity index (χ1v) is 9.36. The number of amides is 1. The summed E-state index contributed by atoms with van der Waals surface area (Å²) in [7, 11) is 2.18. The zero-order valence-electron chi connectivity index (χ0n) is 15.0. The summed E-state index contributed by atoms with van der Waals surface area (Å²) in [5, 5.41) is 2.13. The lowest BCUT2D eigenvalue weighted by molar-refractivity contribution is 0.0143. The maximum atomic E-state index is 12.3. The fraction of sp³-hybridized carbons (Fsp3) is 0.722. The van der Waals surface area contributed by atoms with Gasteiger partial charge >= 0.3 is 6.09 Å². The Bertz CT molecular complexity index is 496. The lowest BCUT2D eigenvalue weighted by Crippen LogP contribution is -2.45. The van der Waals surface area contributed by atoms with E-state index < -0.39 is 5.60 Å². The molecule has 0 bridgehead atoms. The lowest BCUT2D eigenvalue weighted by Gasteiger charge is -2.36. The Balaban J connectivity index is 1.87. The Labute approximate surface area is 144 Å². The molecule has 0 spiro atoms. The van der Waals surface area contributed by atoms with Crippen LogP contribution in [-0.2, 0) is 4.74 Å². The molecule has 0 saturated carbocycles. The predicted molar refractivity (Wildman–Crippen MR) is 95.9 cm³/mol. The number of hydrogen-bond donors (Lipinski definition) is 0. The second-order valence-corrected chi connectivity index (χ2v) is 8.54. The molecule has 4 nitrogen and oxygen atoms in total. The Kier molecular flexibility index (Phi) is 6.09. The van der Waals surface area contributed by atoms with E-state index in [-0.39, 0.29) is 6.09 Å². The van der Waals surface area contributed by atoms with Crippen LogP contribution in [-0.4, -0.2) is 48.2 Å². The van der Waals surface area contributed by atoms with Crippen LogP contribution in [0.25, 0.3) is 0 Å². The van der Waals surface area contributed by atoms with Crippen LogP contribution >= 0.6 is 11.3 Å². The molecule has 0 unspecified atom stereocenters. The zero-order valence-corrected chi connectivity index (χ0v) is 15.9. The van der Waals surface area contributed by atoms with Crippen molar-refractivity contribution >= 4 is 17.4 Å². The average molecular weight is 339 g/mol. The second-order valence-electron chi connectivity index (χ2n) is 7.57. The first-order chi connectivity index (χ1) is 10.8. The normalized spacial score (nSPS) is 20.6. The van der Waals surface area contributed by atoms with E-state index in [2.05, 4.69) is 36.4 Å². The van der Waals surface area contributed by atoms with Gasteiger partial charge in [0.2, 0.25) is 0 Å². The molecule has 2 rings (SSSR count). The molecular formula is C18H30N2O2S. The number of likely N-dealkylation sites (tertiary alicyclic amines) is 1. The Morgan fingerprint density at radius 2 is 2.26 bits per heavy atom. The van der Waals surface area contributed by atoms with E-state index in [4.69, 9.17) is 4.74 Å². The molecule has 2 atom stereocenters. The smallest absolute Gasteiger partial charge is 0.410 e. The average Bonchev–Trinajstić information content (AvgIpc) is 2.99. The van der Waals surface area contributed by atoms with Crippen molar-refractivity contribution in [2.24, 2.45) is 5.92 Å². The summed E-state index contributed by atoms with van der Waals surface area (Å²) in [6.45, 7) is 10.6. The van der Waals surface area contributed by atoms with Crippen molar-refractivity contribution in [3.8, 4) is 0 Å². The highest BCUT2D eigenvalue weighted by atomic mass is 32.1. The summed E-state index contributed by atoms with van der Waals surface area (Å²) >= 11 is 1.81. The molecule has 0 aromatic carbocycles. The molecule has 1 aliphatic rings. The summed E-state index contributed by atoms with van der Waals surface area (Å²) in [6, 6.07) is 4.72. The maximum absolute atomic E-state index is 12.3. The number of carbonyl (C=O) groups is 1. The number of thiophene rings is 1. The molecule has 130 valence electrons. The van der Waals surface area contributed by atoms with Crippen LogP contribution in [0.15, 0.2) is 17.5 Å². The molecule has 2 heterocycles. The SMILES string of the molecule is C[C@H](c1cccs1)N(C)C[C@H]1CCCN(C(=O)OC(C)(C)C)C1. The van der Waals surface area contributed by atoms with E-state index in [9.17, 15) is 4.79 Å². The van der Waals surface area contributed by atoms with Gasteiger partial charge in [-0.25, -0.2) is 4.79 Å². The highest BCUT2D eigenvalue weighted by Crippen LogP contribution is 2.26. The van der Waals surface area contributed by atoms with Gasteiger partial charge in [0, 0.05) is 30.6 Å². The lowest BCUT2D eigenvalue weighted by atomic mass is 9.97. The Morgan fingerprint density at radius 3 is 2.87 bits per heavy atom. The summed E-state index contributed by atoms with van der Waals surface area (Å²) in [4.78, 5) is 17.9. The summed E-state index contributed by atoms with van der Waals surface area (Å²) in [5.74, 6) is 0.517. The van der Waals surface area contributed by atoms with Crippen LogP contribution in [0.2, 0.25) is 0 Å². The van der Waals surface area contributed by atoms with Crippen molar-refractivity contribution in [2.75, 3.05) is 26.7 Å². The van der Waals surface area contributed by atoms with E-state index in [0.29, 0.717) is 12.0 Å². The van der Waals surface area contributed by atoms with Crippen molar-refractivity contribution in [1.82, 2.24) is 9.80 Å². The highest BCUT2D eigenvalue weighted by molar-refractivity contribution is 7.10. The molecule has 1 aromatic rings. The first-order valence-electron chi connectivity index (χ1n) is 8.48. The molecular weight excluding hydrogens is 308 g/mol. The van der Waals surface area contributed by atoms with Crippen LogP contribution in [0.5, 0.6) is 0 Å². The summed E-state index contributed by atoms with van der Waals surface area (Å²) in [6.07, 6.45) is 2.07. The van der Waals surface area contributed by atoms with Gasteiger partial charge in [-0.2, -0.15) is 0 Å². The van der Waals surface area contributed by atoms with Crippen molar-refractivity contribution in [3.05, 3.63) is 22.4 Å². The minimum atomic E-state index is -0.422. The van der Waals surface area contributed by atoms with E-state index in [1.165, 1.54) is 11.3 Å². The van der Waals surface area contributed by atoms with Crippen molar-refractivity contribution in [1.29, 1.82) is 0 Å².